The zero-order chi connectivity index (χ0) is 19.3. The predicted molar refractivity (Wildman–Crippen MR) is 108 cm³/mol. The molecule has 8 heteroatoms. The molecule has 28 heavy (non-hydrogen) atoms. The molecule has 4 rings (SSSR count). The summed E-state index contributed by atoms with van der Waals surface area (Å²) < 4.78 is 2.00. The minimum Gasteiger partial charge on any atom is -0.339 e. The molecular weight excluding hydrogens is 354 g/mol. The fourth-order valence-corrected chi connectivity index (χ4v) is 3.33. The lowest BCUT2D eigenvalue weighted by atomic mass is 10.2. The van der Waals surface area contributed by atoms with Crippen LogP contribution in [0.2, 0.25) is 0 Å². The molecule has 1 N–H and O–H groups in total. The lowest BCUT2D eigenvalue weighted by Gasteiger charge is -2.22. The molecule has 1 aliphatic rings. The normalized spacial score (nSPS) is 14.6. The smallest absolute Gasteiger partial charge is 0.321 e. The number of aromatic nitrogens is 4. The number of anilines is 2. The number of carbonyl (C=O) groups is 1. The van der Waals surface area contributed by atoms with Gasteiger partial charge in [0.25, 0.3) is 0 Å². The molecule has 3 aromatic rings. The molecule has 0 atom stereocenters. The van der Waals surface area contributed by atoms with Crippen molar-refractivity contribution < 1.29 is 4.79 Å². The van der Waals surface area contributed by atoms with Gasteiger partial charge in [0.2, 0.25) is 5.95 Å². The summed E-state index contributed by atoms with van der Waals surface area (Å²) >= 11 is 0. The van der Waals surface area contributed by atoms with Gasteiger partial charge in [-0.1, -0.05) is 0 Å². The zero-order valence-corrected chi connectivity index (χ0v) is 15.8. The number of benzene rings is 1. The first-order valence-electron chi connectivity index (χ1n) is 9.39. The van der Waals surface area contributed by atoms with Crippen LogP contribution in [-0.2, 0) is 0 Å². The maximum atomic E-state index is 12.7. The third-order valence-corrected chi connectivity index (χ3v) is 4.84. The Morgan fingerprint density at radius 1 is 0.964 bits per heavy atom. The van der Waals surface area contributed by atoms with Crippen LogP contribution < -0.4 is 10.2 Å². The fourth-order valence-electron chi connectivity index (χ4n) is 3.33. The molecule has 8 nitrogen and oxygen atoms in total. The second-order valence-electron chi connectivity index (χ2n) is 6.70. The van der Waals surface area contributed by atoms with Gasteiger partial charge in [-0.25, -0.2) is 19.7 Å². The van der Waals surface area contributed by atoms with E-state index in [9.17, 15) is 4.79 Å². The Labute approximate surface area is 163 Å². The molecular formula is C20H23N7O. The van der Waals surface area contributed by atoms with Crippen LogP contribution in [0.4, 0.5) is 16.4 Å². The minimum absolute atomic E-state index is 0.0811. The molecule has 1 aliphatic heterocycles. The van der Waals surface area contributed by atoms with Crippen molar-refractivity contribution in [2.45, 2.75) is 13.3 Å². The van der Waals surface area contributed by atoms with Crippen molar-refractivity contribution >= 4 is 17.7 Å². The van der Waals surface area contributed by atoms with Crippen LogP contribution in [0.25, 0.3) is 5.69 Å². The highest BCUT2D eigenvalue weighted by atomic mass is 16.2. The number of hydrogen-bond acceptors (Lipinski definition) is 5. The third kappa shape index (κ3) is 3.95. The lowest BCUT2D eigenvalue weighted by Crippen LogP contribution is -2.38. The monoisotopic (exact) mass is 377 g/mol. The topological polar surface area (TPSA) is 79.2 Å². The minimum atomic E-state index is -0.0811. The number of urea groups is 1. The summed E-state index contributed by atoms with van der Waals surface area (Å²) in [6, 6.07) is 9.49. The molecule has 0 bridgehead atoms. The Balaban J connectivity index is 1.36. The van der Waals surface area contributed by atoms with Gasteiger partial charge in [-0.3, -0.25) is 0 Å². The van der Waals surface area contributed by atoms with Gasteiger partial charge in [-0.15, -0.1) is 0 Å². The maximum Gasteiger partial charge on any atom is 0.321 e. The van der Waals surface area contributed by atoms with E-state index >= 15 is 0 Å². The first kappa shape index (κ1) is 18.0. The fraction of sp³-hybridized carbons (Fsp3) is 0.300. The van der Waals surface area contributed by atoms with E-state index in [1.165, 1.54) is 0 Å². The van der Waals surface area contributed by atoms with E-state index < -0.39 is 0 Å². The van der Waals surface area contributed by atoms with Crippen LogP contribution in [0.5, 0.6) is 0 Å². The molecule has 144 valence electrons. The van der Waals surface area contributed by atoms with Gasteiger partial charge < -0.3 is 19.7 Å². The van der Waals surface area contributed by atoms with E-state index in [1.54, 1.807) is 24.7 Å². The number of amides is 2. The van der Waals surface area contributed by atoms with Crippen molar-refractivity contribution in [3.63, 3.8) is 0 Å². The number of nitrogens with zero attached hydrogens (tertiary/aromatic N) is 6. The maximum absolute atomic E-state index is 12.7. The van der Waals surface area contributed by atoms with Gasteiger partial charge in [0, 0.05) is 62.3 Å². The van der Waals surface area contributed by atoms with Crippen molar-refractivity contribution in [3.05, 3.63) is 60.9 Å². The van der Waals surface area contributed by atoms with Gasteiger partial charge in [-0.2, -0.15) is 0 Å². The molecule has 2 aromatic heterocycles. The highest BCUT2D eigenvalue weighted by Gasteiger charge is 2.20. The van der Waals surface area contributed by atoms with E-state index in [4.69, 9.17) is 0 Å². The molecule has 0 saturated carbocycles. The van der Waals surface area contributed by atoms with E-state index in [0.29, 0.717) is 13.1 Å². The lowest BCUT2D eigenvalue weighted by molar-refractivity contribution is 0.215. The van der Waals surface area contributed by atoms with Crippen molar-refractivity contribution in [2.75, 3.05) is 36.4 Å². The van der Waals surface area contributed by atoms with Gasteiger partial charge in [0.15, 0.2) is 0 Å². The largest absolute Gasteiger partial charge is 0.339 e. The number of imidazole rings is 1. The summed E-state index contributed by atoms with van der Waals surface area (Å²) in [7, 11) is 0. The van der Waals surface area contributed by atoms with Crippen LogP contribution in [0.1, 0.15) is 12.2 Å². The second-order valence-corrected chi connectivity index (χ2v) is 6.70. The first-order valence-corrected chi connectivity index (χ1v) is 9.39. The van der Waals surface area contributed by atoms with Crippen molar-refractivity contribution in [1.82, 2.24) is 24.4 Å². The summed E-state index contributed by atoms with van der Waals surface area (Å²) in [5.41, 5.74) is 1.79. The van der Waals surface area contributed by atoms with Crippen LogP contribution >= 0.6 is 0 Å². The SMILES string of the molecule is Cc1nccn1-c1ccc(NC(=O)N2CCCN(c3ncccn3)CC2)cc1. The first-order chi connectivity index (χ1) is 13.7. The standard InChI is InChI=1S/C20H23N7O/c1-16-21-10-13-27(16)18-6-4-17(5-7-18)24-20(28)26-12-3-11-25(14-15-26)19-22-8-2-9-23-19/h2,4-10,13H,3,11-12,14-15H2,1H3,(H,24,28). The number of hydrogen-bond donors (Lipinski definition) is 1. The Morgan fingerprint density at radius 2 is 1.75 bits per heavy atom. The van der Waals surface area contributed by atoms with Crippen molar-refractivity contribution in [1.29, 1.82) is 0 Å². The molecule has 1 aromatic carbocycles. The highest BCUT2D eigenvalue weighted by Crippen LogP contribution is 2.16. The number of carbonyl (C=O) groups excluding carboxylic acids is 1. The van der Waals surface area contributed by atoms with Gasteiger partial charge in [0.1, 0.15) is 5.82 Å². The Bertz CT molecular complexity index is 923. The molecule has 0 radical (unpaired) electrons. The molecule has 0 aliphatic carbocycles. The quantitative estimate of drug-likeness (QED) is 0.759. The average molecular weight is 377 g/mol. The summed E-state index contributed by atoms with van der Waals surface area (Å²) in [6.07, 6.45) is 8.06. The summed E-state index contributed by atoms with van der Waals surface area (Å²) in [4.78, 5) is 29.5. The molecule has 0 spiro atoms. The third-order valence-electron chi connectivity index (χ3n) is 4.84. The second kappa shape index (κ2) is 8.08. The number of aryl methyl sites for hydroxylation is 1. The predicted octanol–water partition coefficient (Wildman–Crippen LogP) is 2.71. The van der Waals surface area contributed by atoms with Gasteiger partial charge in [0.05, 0.1) is 0 Å². The number of nitrogens with one attached hydrogen (secondary N) is 1. The van der Waals surface area contributed by atoms with Crippen LogP contribution in [0.15, 0.2) is 55.1 Å². The summed E-state index contributed by atoms with van der Waals surface area (Å²) in [5.74, 6) is 1.64. The molecule has 1 saturated heterocycles. The molecule has 0 unspecified atom stereocenters. The van der Waals surface area contributed by atoms with Crippen molar-refractivity contribution in [2.24, 2.45) is 0 Å². The van der Waals surface area contributed by atoms with E-state index in [0.717, 1.165) is 42.7 Å². The van der Waals surface area contributed by atoms with E-state index in [-0.39, 0.29) is 6.03 Å². The Morgan fingerprint density at radius 3 is 2.46 bits per heavy atom. The van der Waals surface area contributed by atoms with Crippen LogP contribution in [-0.4, -0.2) is 56.6 Å². The summed E-state index contributed by atoms with van der Waals surface area (Å²) in [5, 5.41) is 2.99. The van der Waals surface area contributed by atoms with Gasteiger partial charge in [-0.05, 0) is 43.7 Å². The van der Waals surface area contributed by atoms with Crippen molar-refractivity contribution in [3.8, 4) is 5.69 Å². The number of rotatable bonds is 3. The highest BCUT2D eigenvalue weighted by molar-refractivity contribution is 5.89. The molecule has 2 amide bonds. The average Bonchev–Trinajstić information content (AvgIpc) is 3.00. The van der Waals surface area contributed by atoms with Crippen LogP contribution in [0.3, 0.4) is 0 Å². The molecule has 1 fully saturated rings. The Hall–Kier alpha value is -3.42. The Kier molecular flexibility index (Phi) is 5.18. The van der Waals surface area contributed by atoms with E-state index in [1.807, 2.05) is 46.9 Å². The van der Waals surface area contributed by atoms with Crippen LogP contribution in [0, 0.1) is 6.92 Å². The van der Waals surface area contributed by atoms with Gasteiger partial charge >= 0.3 is 6.03 Å². The zero-order valence-electron chi connectivity index (χ0n) is 15.8. The molecule has 3 heterocycles. The summed E-state index contributed by atoms with van der Waals surface area (Å²) in [6.45, 7) is 4.86. The van der Waals surface area contributed by atoms with E-state index in [2.05, 4.69) is 25.2 Å².